The van der Waals surface area contributed by atoms with Crippen LogP contribution in [-0.2, 0) is 6.54 Å². The summed E-state index contributed by atoms with van der Waals surface area (Å²) in [5.74, 6) is 0.449. The van der Waals surface area contributed by atoms with E-state index in [1.807, 2.05) is 0 Å². The Hall–Kier alpha value is -2.75. The maximum Gasteiger partial charge on any atom is 0.387 e. The Kier molecular flexibility index (Phi) is 5.31. The van der Waals surface area contributed by atoms with E-state index >= 15 is 0 Å². The first-order chi connectivity index (χ1) is 12.5. The maximum atomic E-state index is 12.4. The quantitative estimate of drug-likeness (QED) is 0.600. The molecule has 3 aromatic rings. The molecule has 0 saturated carbocycles. The second-order valence-corrected chi connectivity index (χ2v) is 5.98. The van der Waals surface area contributed by atoms with E-state index in [0.29, 0.717) is 5.56 Å². The number of alkyl halides is 2. The zero-order valence-corrected chi connectivity index (χ0v) is 14.9. The summed E-state index contributed by atoms with van der Waals surface area (Å²) in [6.45, 7) is -2.87. The van der Waals surface area contributed by atoms with Gasteiger partial charge in [-0.2, -0.15) is 13.8 Å². The highest BCUT2D eigenvalue weighted by molar-refractivity contribution is 9.10. The Balaban J connectivity index is 1.85. The van der Waals surface area contributed by atoms with Crippen molar-refractivity contribution in [3.8, 4) is 22.9 Å². The number of halogens is 3. The SMILES string of the molecule is COc1cc(-c2noc(Cn3cc(Br)ccc3=O)n2)ccc1OC(F)F. The lowest BCUT2D eigenvalue weighted by Gasteiger charge is -2.10. The van der Waals surface area contributed by atoms with E-state index < -0.39 is 6.61 Å². The summed E-state index contributed by atoms with van der Waals surface area (Å²) in [7, 11) is 1.33. The van der Waals surface area contributed by atoms with Crippen LogP contribution in [0.1, 0.15) is 5.89 Å². The standard InChI is InChI=1S/C16H12BrF2N3O4/c1-24-12-6-9(2-4-11(12)25-16(18)19)15-20-13(26-21-15)8-22-7-10(17)3-5-14(22)23/h2-7,16H,8H2,1H3. The van der Waals surface area contributed by atoms with Gasteiger partial charge in [0.1, 0.15) is 6.54 Å². The molecule has 0 unspecified atom stereocenters. The van der Waals surface area contributed by atoms with Crippen LogP contribution in [0.4, 0.5) is 8.78 Å². The summed E-state index contributed by atoms with van der Waals surface area (Å²) in [4.78, 5) is 16.0. The lowest BCUT2D eigenvalue weighted by atomic mass is 10.2. The highest BCUT2D eigenvalue weighted by Gasteiger charge is 2.15. The van der Waals surface area contributed by atoms with Crippen molar-refractivity contribution < 1.29 is 22.8 Å². The Morgan fingerprint density at radius 1 is 1.27 bits per heavy atom. The highest BCUT2D eigenvalue weighted by atomic mass is 79.9. The minimum Gasteiger partial charge on any atom is -0.493 e. The van der Waals surface area contributed by atoms with Crippen molar-refractivity contribution >= 4 is 15.9 Å². The molecule has 2 heterocycles. The molecule has 0 radical (unpaired) electrons. The molecular weight excluding hydrogens is 416 g/mol. The molecule has 0 spiro atoms. The minimum absolute atomic E-state index is 0.0922. The van der Waals surface area contributed by atoms with Gasteiger partial charge < -0.3 is 18.6 Å². The maximum absolute atomic E-state index is 12.4. The van der Waals surface area contributed by atoms with E-state index in [-0.39, 0.29) is 35.3 Å². The number of nitrogens with zero attached hydrogens (tertiary/aromatic N) is 3. The van der Waals surface area contributed by atoms with E-state index in [1.54, 1.807) is 12.3 Å². The molecule has 136 valence electrons. The van der Waals surface area contributed by atoms with Crippen LogP contribution in [-0.4, -0.2) is 28.4 Å². The largest absolute Gasteiger partial charge is 0.493 e. The molecular formula is C16H12BrF2N3O4. The van der Waals surface area contributed by atoms with E-state index in [0.717, 1.165) is 4.47 Å². The van der Waals surface area contributed by atoms with Gasteiger partial charge in [-0.1, -0.05) is 5.16 Å². The number of ether oxygens (including phenoxy) is 2. The summed E-state index contributed by atoms with van der Waals surface area (Å²) >= 11 is 3.29. The molecule has 0 atom stereocenters. The van der Waals surface area contributed by atoms with Gasteiger partial charge in [-0.3, -0.25) is 4.79 Å². The van der Waals surface area contributed by atoms with Crippen LogP contribution in [0.15, 0.2) is 50.3 Å². The molecule has 3 rings (SSSR count). The van der Waals surface area contributed by atoms with Gasteiger partial charge >= 0.3 is 6.61 Å². The molecule has 0 bridgehead atoms. The average molecular weight is 428 g/mol. The zero-order chi connectivity index (χ0) is 18.7. The second-order valence-electron chi connectivity index (χ2n) is 5.07. The molecule has 0 aliphatic carbocycles. The topological polar surface area (TPSA) is 79.4 Å². The normalized spacial score (nSPS) is 11.0. The molecule has 0 saturated heterocycles. The van der Waals surface area contributed by atoms with Crippen molar-refractivity contribution in [2.24, 2.45) is 0 Å². The lowest BCUT2D eigenvalue weighted by Crippen LogP contribution is -2.18. The number of hydrogen-bond acceptors (Lipinski definition) is 6. The van der Waals surface area contributed by atoms with Crippen molar-refractivity contribution in [3.05, 3.63) is 57.2 Å². The Morgan fingerprint density at radius 2 is 2.08 bits per heavy atom. The smallest absolute Gasteiger partial charge is 0.387 e. The predicted molar refractivity (Wildman–Crippen MR) is 90.4 cm³/mol. The Bertz CT molecular complexity index is 974. The Labute approximate surface area is 154 Å². The first-order valence-electron chi connectivity index (χ1n) is 7.28. The number of rotatable bonds is 6. The van der Waals surface area contributed by atoms with Crippen LogP contribution in [0.25, 0.3) is 11.4 Å². The zero-order valence-electron chi connectivity index (χ0n) is 13.4. The molecule has 0 aliphatic heterocycles. The molecule has 0 amide bonds. The van der Waals surface area contributed by atoms with Gasteiger partial charge in [-0.25, -0.2) is 0 Å². The molecule has 7 nitrogen and oxygen atoms in total. The molecule has 10 heteroatoms. The van der Waals surface area contributed by atoms with Crippen LogP contribution in [0.3, 0.4) is 0 Å². The van der Waals surface area contributed by atoms with Crippen molar-refractivity contribution in [2.75, 3.05) is 7.11 Å². The summed E-state index contributed by atoms with van der Waals surface area (Å²) in [5, 5.41) is 3.84. The number of hydrogen-bond donors (Lipinski definition) is 0. The van der Waals surface area contributed by atoms with Gasteiger partial charge in [-0.15, -0.1) is 0 Å². The van der Waals surface area contributed by atoms with Crippen LogP contribution in [0, 0.1) is 0 Å². The minimum atomic E-state index is -2.96. The summed E-state index contributed by atoms with van der Waals surface area (Å²) < 4.78 is 41.5. The summed E-state index contributed by atoms with van der Waals surface area (Å²) in [5.41, 5.74) is 0.267. The monoisotopic (exact) mass is 427 g/mol. The van der Waals surface area contributed by atoms with E-state index in [9.17, 15) is 13.6 Å². The van der Waals surface area contributed by atoms with E-state index in [1.165, 1.54) is 35.9 Å². The van der Waals surface area contributed by atoms with Gasteiger partial charge in [0.05, 0.1) is 7.11 Å². The fourth-order valence-corrected chi connectivity index (χ4v) is 2.59. The first-order valence-corrected chi connectivity index (χ1v) is 8.07. The molecule has 0 fully saturated rings. The number of methoxy groups -OCH3 is 1. The summed E-state index contributed by atoms with van der Waals surface area (Å²) in [6, 6.07) is 7.33. The van der Waals surface area contributed by atoms with Crippen LogP contribution in [0.2, 0.25) is 0 Å². The van der Waals surface area contributed by atoms with Gasteiger partial charge in [0.25, 0.3) is 5.56 Å². The third-order valence-corrected chi connectivity index (χ3v) is 3.83. The molecule has 0 aliphatic rings. The van der Waals surface area contributed by atoms with Crippen molar-refractivity contribution in [3.63, 3.8) is 0 Å². The summed E-state index contributed by atoms with van der Waals surface area (Å²) in [6.07, 6.45) is 1.60. The number of aromatic nitrogens is 3. The van der Waals surface area contributed by atoms with Gasteiger partial charge in [0, 0.05) is 22.3 Å². The lowest BCUT2D eigenvalue weighted by molar-refractivity contribution is -0.0512. The Morgan fingerprint density at radius 3 is 2.81 bits per heavy atom. The van der Waals surface area contributed by atoms with Crippen molar-refractivity contribution in [2.45, 2.75) is 13.2 Å². The van der Waals surface area contributed by atoms with Crippen molar-refractivity contribution in [1.82, 2.24) is 14.7 Å². The average Bonchev–Trinajstić information content (AvgIpc) is 3.06. The second kappa shape index (κ2) is 7.65. The first kappa shape index (κ1) is 18.1. The van der Waals surface area contributed by atoms with Gasteiger partial charge in [-0.05, 0) is 40.2 Å². The van der Waals surface area contributed by atoms with Crippen molar-refractivity contribution in [1.29, 1.82) is 0 Å². The van der Waals surface area contributed by atoms with E-state index in [4.69, 9.17) is 9.26 Å². The highest BCUT2D eigenvalue weighted by Crippen LogP contribution is 2.32. The molecule has 0 N–H and O–H groups in total. The molecule has 26 heavy (non-hydrogen) atoms. The fourth-order valence-electron chi connectivity index (χ4n) is 2.21. The van der Waals surface area contributed by atoms with E-state index in [2.05, 4.69) is 30.8 Å². The molecule has 2 aromatic heterocycles. The third-order valence-electron chi connectivity index (χ3n) is 3.36. The van der Waals surface area contributed by atoms with Gasteiger partial charge in [0.15, 0.2) is 11.5 Å². The van der Waals surface area contributed by atoms with Gasteiger partial charge in [0.2, 0.25) is 11.7 Å². The number of benzene rings is 1. The fraction of sp³-hybridized carbons (Fsp3) is 0.188. The van der Waals surface area contributed by atoms with Crippen LogP contribution < -0.4 is 15.0 Å². The third kappa shape index (κ3) is 4.07. The predicted octanol–water partition coefficient (Wildman–Crippen LogP) is 3.32. The number of pyridine rings is 1. The molecule has 1 aromatic carbocycles. The van der Waals surface area contributed by atoms with Crippen LogP contribution >= 0.6 is 15.9 Å². The van der Waals surface area contributed by atoms with Crippen LogP contribution in [0.5, 0.6) is 11.5 Å².